The number of nitrogens with one attached hydrogen (secondary N) is 1. The highest BCUT2D eigenvalue weighted by Gasteiger charge is 2.30. The normalized spacial score (nSPS) is 13.4. The first-order valence-electron chi connectivity index (χ1n) is 23.7. The SMILES string of the molecule is CCCCCCCCCCCCCCCCOCC(CN(CCCCCCCCCCCCCCCC)C(=O)Nc1ccccc1)OP(=O)(O)OCC[N+](C)(C)C. The molecule has 0 aliphatic heterocycles. The molecule has 2 atom stereocenters. The number of unbranched alkanes of at least 4 members (excludes halogenated alkanes) is 26. The van der Waals surface area contributed by atoms with Crippen molar-refractivity contribution in [2.75, 3.05) is 65.9 Å². The van der Waals surface area contributed by atoms with Gasteiger partial charge in [-0.05, 0) is 25.0 Å². The number of carbonyl (C=O) groups is 1. The Morgan fingerprint density at radius 3 is 1.51 bits per heavy atom. The monoisotopic (exact) mass is 825 g/mol. The molecule has 0 radical (unpaired) electrons. The van der Waals surface area contributed by atoms with Crippen molar-refractivity contribution in [3.05, 3.63) is 30.3 Å². The van der Waals surface area contributed by atoms with E-state index in [2.05, 4.69) is 19.2 Å². The molecular formula is C47H91N3O6P+. The number of hydrogen-bond donors (Lipinski definition) is 2. The Morgan fingerprint density at radius 2 is 1.07 bits per heavy atom. The number of urea groups is 1. The lowest BCUT2D eigenvalue weighted by Gasteiger charge is -2.29. The highest BCUT2D eigenvalue weighted by molar-refractivity contribution is 7.47. The van der Waals surface area contributed by atoms with Crippen LogP contribution >= 0.6 is 7.82 Å². The fourth-order valence-electron chi connectivity index (χ4n) is 7.12. The van der Waals surface area contributed by atoms with Crippen molar-refractivity contribution < 1.29 is 32.5 Å². The first kappa shape index (κ1) is 53.5. The lowest BCUT2D eigenvalue weighted by atomic mass is 10.0. The van der Waals surface area contributed by atoms with Gasteiger partial charge in [-0.1, -0.05) is 199 Å². The fraction of sp³-hybridized carbons (Fsp3) is 0.851. The van der Waals surface area contributed by atoms with Crippen molar-refractivity contribution in [2.24, 2.45) is 0 Å². The van der Waals surface area contributed by atoms with Crippen LogP contribution in [-0.4, -0.2) is 87.0 Å². The number of para-hydroxylation sites is 1. The molecule has 334 valence electrons. The van der Waals surface area contributed by atoms with Crippen LogP contribution < -0.4 is 5.32 Å². The Balaban J connectivity index is 2.61. The smallest absolute Gasteiger partial charge is 0.379 e. The van der Waals surface area contributed by atoms with E-state index in [-0.39, 0.29) is 25.8 Å². The molecule has 0 saturated carbocycles. The van der Waals surface area contributed by atoms with Gasteiger partial charge in [0.25, 0.3) is 0 Å². The Hall–Kier alpha value is -1.48. The van der Waals surface area contributed by atoms with Crippen molar-refractivity contribution >= 4 is 19.5 Å². The number of quaternary nitrogens is 1. The van der Waals surface area contributed by atoms with Gasteiger partial charge in [0.05, 0.1) is 34.3 Å². The van der Waals surface area contributed by atoms with Crippen LogP contribution in [0.15, 0.2) is 30.3 Å². The molecule has 2 amide bonds. The maximum atomic E-state index is 13.6. The van der Waals surface area contributed by atoms with Crippen LogP contribution in [0.2, 0.25) is 0 Å². The molecule has 10 heteroatoms. The zero-order valence-corrected chi connectivity index (χ0v) is 38.7. The highest BCUT2D eigenvalue weighted by Crippen LogP contribution is 2.44. The maximum absolute atomic E-state index is 13.6. The second-order valence-corrected chi connectivity index (χ2v) is 19.0. The Bertz CT molecular complexity index is 1090. The van der Waals surface area contributed by atoms with Crippen LogP contribution in [0.1, 0.15) is 194 Å². The average Bonchev–Trinajstić information content (AvgIpc) is 3.16. The lowest BCUT2D eigenvalue weighted by molar-refractivity contribution is -0.870. The predicted octanol–water partition coefficient (Wildman–Crippen LogP) is 13.7. The Morgan fingerprint density at radius 1 is 0.649 bits per heavy atom. The quantitative estimate of drug-likeness (QED) is 0.0388. The van der Waals surface area contributed by atoms with Gasteiger partial charge in [-0.25, -0.2) is 9.36 Å². The first-order valence-corrected chi connectivity index (χ1v) is 25.2. The van der Waals surface area contributed by atoms with E-state index in [4.69, 9.17) is 13.8 Å². The molecule has 1 rings (SSSR count). The summed E-state index contributed by atoms with van der Waals surface area (Å²) >= 11 is 0. The van der Waals surface area contributed by atoms with Gasteiger partial charge in [-0.15, -0.1) is 0 Å². The summed E-state index contributed by atoms with van der Waals surface area (Å²) in [6.45, 7) is 6.48. The second kappa shape index (κ2) is 36.4. The molecule has 9 nitrogen and oxygen atoms in total. The summed E-state index contributed by atoms with van der Waals surface area (Å²) in [4.78, 5) is 26.1. The second-order valence-electron chi connectivity index (χ2n) is 17.6. The standard InChI is InChI=1S/C47H90N3O6P/c1-6-8-10-12-14-16-18-20-22-24-26-28-30-35-39-49(47(51)48-45-37-33-32-34-38-45)43-46(56-57(52,53)55-42-40-50(3,4)5)44-54-41-36-31-29-27-25-23-21-19-17-15-13-11-9-7-2/h32-34,37-38,46H,6-31,35-36,39-44H2,1-5H3,(H-,48,51,52,53)/p+1. The van der Waals surface area contributed by atoms with Crippen molar-refractivity contribution in [3.8, 4) is 0 Å². The van der Waals surface area contributed by atoms with E-state index in [0.717, 1.165) is 32.1 Å². The molecule has 1 aromatic rings. The molecule has 0 aliphatic rings. The minimum Gasteiger partial charge on any atom is -0.379 e. The van der Waals surface area contributed by atoms with Gasteiger partial charge in [-0.2, -0.15) is 0 Å². The van der Waals surface area contributed by atoms with Crippen LogP contribution in [0.5, 0.6) is 0 Å². The minimum atomic E-state index is -4.39. The fourth-order valence-corrected chi connectivity index (χ4v) is 8.00. The van der Waals surface area contributed by atoms with Crippen LogP contribution in [0.4, 0.5) is 10.5 Å². The molecule has 2 N–H and O–H groups in total. The Kier molecular flexibility index (Phi) is 34.2. The van der Waals surface area contributed by atoms with Crippen molar-refractivity contribution in [1.82, 2.24) is 4.90 Å². The third-order valence-corrected chi connectivity index (χ3v) is 11.8. The van der Waals surface area contributed by atoms with E-state index in [9.17, 15) is 14.3 Å². The number of carbonyl (C=O) groups excluding carboxylic acids is 1. The molecule has 0 bridgehead atoms. The molecule has 0 aromatic heterocycles. The molecule has 2 unspecified atom stereocenters. The molecule has 0 saturated heterocycles. The van der Waals surface area contributed by atoms with E-state index in [1.165, 1.54) is 148 Å². The lowest BCUT2D eigenvalue weighted by Crippen LogP contribution is -2.43. The Labute approximate surface area is 352 Å². The van der Waals surface area contributed by atoms with Gasteiger partial charge in [0.1, 0.15) is 19.3 Å². The zero-order valence-electron chi connectivity index (χ0n) is 37.8. The number of anilines is 1. The van der Waals surface area contributed by atoms with Crippen LogP contribution in [-0.2, 0) is 18.3 Å². The predicted molar refractivity (Wildman–Crippen MR) is 242 cm³/mol. The number of amides is 2. The number of nitrogens with zero attached hydrogens (tertiary/aromatic N) is 2. The van der Waals surface area contributed by atoms with E-state index in [0.29, 0.717) is 29.9 Å². The van der Waals surface area contributed by atoms with E-state index in [1.807, 2.05) is 51.5 Å². The van der Waals surface area contributed by atoms with Crippen molar-refractivity contribution in [1.29, 1.82) is 0 Å². The number of rotatable bonds is 41. The summed E-state index contributed by atoms with van der Waals surface area (Å²) in [5.41, 5.74) is 0.705. The molecule has 0 spiro atoms. The molecule has 0 aliphatic carbocycles. The van der Waals surface area contributed by atoms with Gasteiger partial charge in [0.2, 0.25) is 0 Å². The summed E-state index contributed by atoms with van der Waals surface area (Å²) in [7, 11) is 1.61. The average molecular weight is 825 g/mol. The van der Waals surface area contributed by atoms with Crippen molar-refractivity contribution in [2.45, 2.75) is 200 Å². The van der Waals surface area contributed by atoms with Gasteiger partial charge in [0, 0.05) is 18.8 Å². The van der Waals surface area contributed by atoms with Gasteiger partial charge in [0.15, 0.2) is 0 Å². The highest BCUT2D eigenvalue weighted by atomic mass is 31.2. The van der Waals surface area contributed by atoms with Crippen LogP contribution in [0, 0.1) is 0 Å². The van der Waals surface area contributed by atoms with Crippen molar-refractivity contribution in [3.63, 3.8) is 0 Å². The van der Waals surface area contributed by atoms with Crippen LogP contribution in [0.3, 0.4) is 0 Å². The third-order valence-electron chi connectivity index (χ3n) is 10.8. The van der Waals surface area contributed by atoms with E-state index in [1.54, 1.807) is 4.90 Å². The maximum Gasteiger partial charge on any atom is 0.472 e. The number of phosphoric acid groups is 1. The number of ether oxygens (including phenoxy) is 1. The minimum absolute atomic E-state index is 0.0845. The summed E-state index contributed by atoms with van der Waals surface area (Å²) in [6.07, 6.45) is 35.0. The van der Waals surface area contributed by atoms with Gasteiger partial charge < -0.3 is 24.3 Å². The molecule has 0 heterocycles. The number of hydrogen-bond acceptors (Lipinski definition) is 5. The molecule has 1 aromatic carbocycles. The third kappa shape index (κ3) is 35.0. The molecular weight excluding hydrogens is 734 g/mol. The summed E-state index contributed by atoms with van der Waals surface area (Å²) in [5.74, 6) is 0. The summed E-state index contributed by atoms with van der Waals surface area (Å²) in [5, 5.41) is 3.01. The molecule has 0 fully saturated rings. The summed E-state index contributed by atoms with van der Waals surface area (Å²) < 4.78 is 31.0. The summed E-state index contributed by atoms with van der Waals surface area (Å²) in [6, 6.07) is 9.16. The number of benzene rings is 1. The van der Waals surface area contributed by atoms with Gasteiger partial charge in [-0.3, -0.25) is 9.05 Å². The molecule has 57 heavy (non-hydrogen) atoms. The number of phosphoric ester groups is 1. The first-order chi connectivity index (χ1) is 27.6. The van der Waals surface area contributed by atoms with E-state index >= 15 is 0 Å². The largest absolute Gasteiger partial charge is 0.472 e. The van der Waals surface area contributed by atoms with E-state index < -0.39 is 13.9 Å². The topological polar surface area (TPSA) is 97.3 Å². The number of likely N-dealkylation sites (N-methyl/N-ethyl adjacent to an activating group) is 1. The van der Waals surface area contributed by atoms with Gasteiger partial charge >= 0.3 is 13.9 Å². The zero-order chi connectivity index (χ0) is 41.7. The van der Waals surface area contributed by atoms with Crippen LogP contribution in [0.25, 0.3) is 0 Å².